The van der Waals surface area contributed by atoms with Crippen molar-refractivity contribution >= 4 is 0 Å². The quantitative estimate of drug-likeness (QED) is 0.795. The van der Waals surface area contributed by atoms with Gasteiger partial charge in [-0.05, 0) is 61.8 Å². The summed E-state index contributed by atoms with van der Waals surface area (Å²) < 4.78 is 11.2. The lowest BCUT2D eigenvalue weighted by Crippen LogP contribution is -2.47. The Labute approximate surface area is 156 Å². The highest BCUT2D eigenvalue weighted by Gasteiger charge is 2.37. The molecule has 2 atom stereocenters. The number of likely N-dealkylation sites (tertiary alicyclic amines) is 1. The van der Waals surface area contributed by atoms with E-state index in [1.165, 1.54) is 42.5 Å². The Bertz CT molecular complexity index is 743. The van der Waals surface area contributed by atoms with Gasteiger partial charge in [-0.3, -0.25) is 4.90 Å². The highest BCUT2D eigenvalue weighted by Crippen LogP contribution is 2.46. The van der Waals surface area contributed by atoms with Crippen molar-refractivity contribution in [1.29, 1.82) is 0 Å². The smallest absolute Gasteiger partial charge is 0.164 e. The van der Waals surface area contributed by atoms with Gasteiger partial charge in [0.2, 0.25) is 0 Å². The van der Waals surface area contributed by atoms with Gasteiger partial charge >= 0.3 is 0 Å². The molecule has 1 heterocycles. The van der Waals surface area contributed by atoms with E-state index in [0.717, 1.165) is 30.9 Å². The Kier molecular flexibility index (Phi) is 5.16. The van der Waals surface area contributed by atoms with Crippen molar-refractivity contribution < 1.29 is 9.47 Å². The minimum Gasteiger partial charge on any atom is -0.493 e. The molecule has 2 aromatic carbocycles. The molecule has 0 spiro atoms. The van der Waals surface area contributed by atoms with Gasteiger partial charge in [-0.2, -0.15) is 0 Å². The summed E-state index contributed by atoms with van der Waals surface area (Å²) in [5, 5.41) is 0. The van der Waals surface area contributed by atoms with Crippen LogP contribution in [0, 0.1) is 0 Å². The number of nitrogens with zero attached hydrogens (tertiary/aromatic N) is 1. The Balaban J connectivity index is 1.54. The van der Waals surface area contributed by atoms with Crippen LogP contribution in [0.5, 0.6) is 11.5 Å². The van der Waals surface area contributed by atoms with Gasteiger partial charge in [0.25, 0.3) is 0 Å². The first-order valence-electron chi connectivity index (χ1n) is 9.83. The van der Waals surface area contributed by atoms with Crippen LogP contribution in [0.15, 0.2) is 42.5 Å². The van der Waals surface area contributed by atoms with Gasteiger partial charge in [-0.25, -0.2) is 0 Å². The lowest BCUT2D eigenvalue weighted by Gasteiger charge is -2.45. The van der Waals surface area contributed by atoms with E-state index in [1.54, 1.807) is 14.2 Å². The summed E-state index contributed by atoms with van der Waals surface area (Å²) in [7, 11) is 3.49. The van der Waals surface area contributed by atoms with E-state index in [2.05, 4.69) is 47.4 Å². The van der Waals surface area contributed by atoms with E-state index in [4.69, 9.17) is 9.47 Å². The molecule has 1 fully saturated rings. The number of hydrogen-bond acceptors (Lipinski definition) is 3. The highest BCUT2D eigenvalue weighted by atomic mass is 16.5. The van der Waals surface area contributed by atoms with Crippen LogP contribution in [0.4, 0.5) is 0 Å². The van der Waals surface area contributed by atoms with Gasteiger partial charge in [0.15, 0.2) is 11.5 Å². The first-order chi connectivity index (χ1) is 12.8. The zero-order valence-electron chi connectivity index (χ0n) is 15.9. The predicted octanol–water partition coefficient (Wildman–Crippen LogP) is 4.44. The third-order valence-electron chi connectivity index (χ3n) is 6.20. The fraction of sp³-hybridized carbons (Fsp3) is 0.478. The normalized spacial score (nSPS) is 22.4. The van der Waals surface area contributed by atoms with Crippen molar-refractivity contribution in [2.24, 2.45) is 0 Å². The van der Waals surface area contributed by atoms with E-state index >= 15 is 0 Å². The third kappa shape index (κ3) is 3.21. The number of rotatable bonds is 5. The number of methoxy groups -OCH3 is 2. The van der Waals surface area contributed by atoms with E-state index in [-0.39, 0.29) is 0 Å². The summed E-state index contributed by atoms with van der Waals surface area (Å²) in [6.45, 7) is 2.39. The molecular weight excluding hydrogens is 322 g/mol. The molecule has 0 radical (unpaired) electrons. The van der Waals surface area contributed by atoms with Crippen LogP contribution >= 0.6 is 0 Å². The highest BCUT2D eigenvalue weighted by molar-refractivity contribution is 5.53. The summed E-state index contributed by atoms with van der Waals surface area (Å²) in [5.74, 6) is 2.44. The topological polar surface area (TPSA) is 21.7 Å². The van der Waals surface area contributed by atoms with Crippen molar-refractivity contribution in [1.82, 2.24) is 4.90 Å². The summed E-state index contributed by atoms with van der Waals surface area (Å²) in [4.78, 5) is 2.74. The average Bonchev–Trinajstić information content (AvgIpc) is 2.71. The Morgan fingerprint density at radius 1 is 1.00 bits per heavy atom. The number of ether oxygens (including phenoxy) is 2. The Hall–Kier alpha value is -2.00. The SMILES string of the molecule is COc1ccc2c(c1OC)CC[C@H]1[C@@H]2CCCN1CCc1ccccc1. The van der Waals surface area contributed by atoms with Gasteiger partial charge in [-0.1, -0.05) is 36.4 Å². The van der Waals surface area contributed by atoms with E-state index in [9.17, 15) is 0 Å². The average molecular weight is 351 g/mol. The van der Waals surface area contributed by atoms with Crippen LogP contribution in [0.3, 0.4) is 0 Å². The molecule has 0 unspecified atom stereocenters. The molecule has 0 saturated carbocycles. The lowest BCUT2D eigenvalue weighted by molar-refractivity contribution is 0.113. The van der Waals surface area contributed by atoms with Gasteiger partial charge < -0.3 is 9.47 Å². The standard InChI is InChI=1S/C23H29NO2/c1-25-22-13-11-18-19-9-6-15-24(16-14-17-7-4-3-5-8-17)21(19)12-10-20(18)23(22)26-2/h3-5,7-8,11,13,19,21H,6,9-10,12,14-16H2,1-2H3/t19-,21+/m1/s1. The molecule has 1 aliphatic carbocycles. The van der Waals surface area contributed by atoms with Crippen LogP contribution in [-0.2, 0) is 12.8 Å². The van der Waals surface area contributed by atoms with E-state index < -0.39 is 0 Å². The maximum Gasteiger partial charge on any atom is 0.164 e. The monoisotopic (exact) mass is 351 g/mol. The maximum atomic E-state index is 5.71. The predicted molar refractivity (Wildman–Crippen MR) is 105 cm³/mol. The second-order valence-corrected chi connectivity index (χ2v) is 7.50. The van der Waals surface area contributed by atoms with Crippen molar-refractivity contribution in [3.63, 3.8) is 0 Å². The zero-order chi connectivity index (χ0) is 17.9. The van der Waals surface area contributed by atoms with Crippen molar-refractivity contribution in [2.75, 3.05) is 27.3 Å². The van der Waals surface area contributed by atoms with Gasteiger partial charge in [-0.15, -0.1) is 0 Å². The fourth-order valence-corrected chi connectivity index (χ4v) is 4.97. The molecule has 2 aliphatic rings. The van der Waals surface area contributed by atoms with Crippen LogP contribution < -0.4 is 9.47 Å². The third-order valence-corrected chi connectivity index (χ3v) is 6.20. The molecule has 0 amide bonds. The summed E-state index contributed by atoms with van der Waals surface area (Å²) in [5.41, 5.74) is 4.30. The van der Waals surface area contributed by atoms with Gasteiger partial charge in [0, 0.05) is 18.2 Å². The van der Waals surface area contributed by atoms with Crippen molar-refractivity contribution in [2.45, 2.75) is 44.1 Å². The number of piperidine rings is 1. The van der Waals surface area contributed by atoms with Crippen LogP contribution in [-0.4, -0.2) is 38.3 Å². The van der Waals surface area contributed by atoms with Gasteiger partial charge in [0.1, 0.15) is 0 Å². The van der Waals surface area contributed by atoms with Crippen LogP contribution in [0.1, 0.15) is 41.9 Å². The number of fused-ring (bicyclic) bond motifs is 3. The minimum atomic E-state index is 0.628. The number of hydrogen-bond donors (Lipinski definition) is 0. The molecular formula is C23H29NO2. The molecule has 0 N–H and O–H groups in total. The fourth-order valence-electron chi connectivity index (χ4n) is 4.97. The largest absolute Gasteiger partial charge is 0.493 e. The number of benzene rings is 2. The molecule has 3 nitrogen and oxygen atoms in total. The van der Waals surface area contributed by atoms with E-state index in [1.807, 2.05) is 0 Å². The molecule has 0 aromatic heterocycles. The van der Waals surface area contributed by atoms with Crippen molar-refractivity contribution in [3.05, 3.63) is 59.2 Å². The Morgan fingerprint density at radius 3 is 2.62 bits per heavy atom. The van der Waals surface area contributed by atoms with Crippen LogP contribution in [0.2, 0.25) is 0 Å². The Morgan fingerprint density at radius 2 is 1.85 bits per heavy atom. The molecule has 1 saturated heterocycles. The second-order valence-electron chi connectivity index (χ2n) is 7.50. The molecule has 138 valence electrons. The first kappa shape index (κ1) is 17.4. The molecule has 2 aromatic rings. The molecule has 4 rings (SSSR count). The minimum absolute atomic E-state index is 0.628. The summed E-state index contributed by atoms with van der Waals surface area (Å²) in [6.07, 6.45) is 6.01. The molecule has 3 heteroatoms. The zero-order valence-corrected chi connectivity index (χ0v) is 15.9. The van der Waals surface area contributed by atoms with E-state index in [0.29, 0.717) is 12.0 Å². The molecule has 26 heavy (non-hydrogen) atoms. The lowest BCUT2D eigenvalue weighted by atomic mass is 9.74. The molecule has 0 bridgehead atoms. The van der Waals surface area contributed by atoms with Crippen molar-refractivity contribution in [3.8, 4) is 11.5 Å². The maximum absolute atomic E-state index is 5.71. The molecule has 1 aliphatic heterocycles. The van der Waals surface area contributed by atoms with Crippen LogP contribution in [0.25, 0.3) is 0 Å². The second kappa shape index (κ2) is 7.71. The summed E-state index contributed by atoms with van der Waals surface area (Å²) >= 11 is 0. The van der Waals surface area contributed by atoms with Gasteiger partial charge in [0.05, 0.1) is 14.2 Å². The summed E-state index contributed by atoms with van der Waals surface area (Å²) in [6, 6.07) is 15.9. The first-order valence-corrected chi connectivity index (χ1v) is 9.83.